The van der Waals surface area contributed by atoms with E-state index in [-0.39, 0.29) is 18.8 Å². The number of hydrogen-bond donors (Lipinski definition) is 0. The van der Waals surface area contributed by atoms with Crippen molar-refractivity contribution in [3.63, 3.8) is 0 Å². The quantitative estimate of drug-likeness (QED) is 0.424. The van der Waals surface area contributed by atoms with Crippen LogP contribution >= 0.6 is 0 Å². The lowest BCUT2D eigenvalue weighted by Crippen LogP contribution is -2.11. The van der Waals surface area contributed by atoms with Gasteiger partial charge in [0.05, 0.1) is 13.2 Å². The van der Waals surface area contributed by atoms with Crippen molar-refractivity contribution >= 4 is 11.8 Å². The van der Waals surface area contributed by atoms with Gasteiger partial charge in [-0.25, -0.2) is 0 Å². The predicted octanol–water partition coefficient (Wildman–Crippen LogP) is 2.61. The average molecular weight is 250 g/mol. The minimum absolute atomic E-state index is 0.219. The topological polar surface area (TPSA) is 52.6 Å². The number of benzene rings is 1. The zero-order valence-corrected chi connectivity index (χ0v) is 10.8. The first-order valence-electron chi connectivity index (χ1n) is 6.09. The van der Waals surface area contributed by atoms with Gasteiger partial charge in [-0.2, -0.15) is 0 Å². The summed E-state index contributed by atoms with van der Waals surface area (Å²) in [6.45, 7) is 4.67. The highest BCUT2D eigenvalue weighted by Gasteiger charge is 2.12. The molecule has 18 heavy (non-hydrogen) atoms. The zero-order chi connectivity index (χ0) is 13.4. The number of ether oxygens (including phenoxy) is 2. The minimum Gasteiger partial charge on any atom is -0.494 e. The van der Waals surface area contributed by atoms with Crippen molar-refractivity contribution in [2.24, 2.45) is 0 Å². The van der Waals surface area contributed by atoms with Crippen LogP contribution in [0.2, 0.25) is 0 Å². The van der Waals surface area contributed by atoms with Crippen molar-refractivity contribution in [2.45, 2.75) is 26.7 Å². The molecule has 4 heteroatoms. The van der Waals surface area contributed by atoms with E-state index in [9.17, 15) is 9.59 Å². The monoisotopic (exact) mass is 250 g/mol. The van der Waals surface area contributed by atoms with E-state index in [4.69, 9.17) is 9.47 Å². The lowest BCUT2D eigenvalue weighted by Gasteiger charge is -2.05. The molecule has 0 aliphatic rings. The summed E-state index contributed by atoms with van der Waals surface area (Å²) < 4.78 is 10.1. The molecule has 0 aliphatic carbocycles. The first-order chi connectivity index (χ1) is 8.67. The third-order valence-corrected chi connectivity index (χ3v) is 2.26. The second kappa shape index (κ2) is 7.48. The molecule has 1 aromatic rings. The van der Waals surface area contributed by atoms with Gasteiger partial charge in [0.15, 0.2) is 5.78 Å². The van der Waals surface area contributed by atoms with Crippen LogP contribution < -0.4 is 4.74 Å². The average Bonchev–Trinajstić information content (AvgIpc) is 2.37. The van der Waals surface area contributed by atoms with E-state index >= 15 is 0 Å². The smallest absolute Gasteiger partial charge is 0.313 e. The Hall–Kier alpha value is -1.84. The van der Waals surface area contributed by atoms with Gasteiger partial charge in [-0.1, -0.05) is 6.92 Å². The van der Waals surface area contributed by atoms with Gasteiger partial charge in [0.2, 0.25) is 0 Å². The Morgan fingerprint density at radius 1 is 1.11 bits per heavy atom. The Labute approximate surface area is 107 Å². The van der Waals surface area contributed by atoms with Crippen molar-refractivity contribution < 1.29 is 19.1 Å². The summed E-state index contributed by atoms with van der Waals surface area (Å²) in [7, 11) is 0. The van der Waals surface area contributed by atoms with Crippen molar-refractivity contribution in [3.05, 3.63) is 29.8 Å². The van der Waals surface area contributed by atoms with Crippen LogP contribution in [0.15, 0.2) is 24.3 Å². The second-order valence-electron chi connectivity index (χ2n) is 3.78. The molecule has 4 nitrogen and oxygen atoms in total. The summed E-state index contributed by atoms with van der Waals surface area (Å²) >= 11 is 0. The number of ketones is 1. The first kappa shape index (κ1) is 14.2. The normalized spacial score (nSPS) is 9.89. The van der Waals surface area contributed by atoms with Crippen LogP contribution in [-0.4, -0.2) is 25.0 Å². The van der Waals surface area contributed by atoms with E-state index in [1.54, 1.807) is 31.2 Å². The molecule has 0 atom stereocenters. The molecule has 1 aromatic carbocycles. The van der Waals surface area contributed by atoms with E-state index in [1.807, 2.05) is 6.92 Å². The van der Waals surface area contributed by atoms with Gasteiger partial charge < -0.3 is 9.47 Å². The Morgan fingerprint density at radius 2 is 1.78 bits per heavy atom. The van der Waals surface area contributed by atoms with Gasteiger partial charge in [-0.15, -0.1) is 0 Å². The lowest BCUT2D eigenvalue weighted by atomic mass is 10.1. The molecule has 0 heterocycles. The van der Waals surface area contributed by atoms with E-state index < -0.39 is 5.97 Å². The molecule has 0 aromatic heterocycles. The van der Waals surface area contributed by atoms with Crippen molar-refractivity contribution in [3.8, 4) is 5.75 Å². The van der Waals surface area contributed by atoms with Gasteiger partial charge in [0, 0.05) is 5.56 Å². The summed E-state index contributed by atoms with van der Waals surface area (Å²) in [5.74, 6) is -0.00571. The molecular weight excluding hydrogens is 232 g/mol. The molecule has 0 aliphatic heterocycles. The largest absolute Gasteiger partial charge is 0.494 e. The number of carbonyl (C=O) groups excluding carboxylic acids is 2. The van der Waals surface area contributed by atoms with Gasteiger partial charge in [0.25, 0.3) is 0 Å². The minimum atomic E-state index is -0.492. The molecule has 0 amide bonds. The summed E-state index contributed by atoms with van der Waals surface area (Å²) in [4.78, 5) is 22.9. The number of Topliss-reactive ketones (excluding diaryl/α,β-unsaturated/α-hetero) is 1. The van der Waals surface area contributed by atoms with Crippen LogP contribution in [0.3, 0.4) is 0 Å². The van der Waals surface area contributed by atoms with Crippen LogP contribution in [0.4, 0.5) is 0 Å². The van der Waals surface area contributed by atoms with E-state index in [0.29, 0.717) is 12.2 Å². The molecule has 98 valence electrons. The molecule has 0 N–H and O–H groups in total. The van der Waals surface area contributed by atoms with Crippen LogP contribution in [-0.2, 0) is 9.53 Å². The SMILES string of the molecule is CCCOc1ccc(C(=O)CC(=O)OCC)cc1. The summed E-state index contributed by atoms with van der Waals surface area (Å²) in [6.07, 6.45) is 0.715. The molecule has 0 radical (unpaired) electrons. The summed E-state index contributed by atoms with van der Waals surface area (Å²) in [6, 6.07) is 6.78. The van der Waals surface area contributed by atoms with E-state index in [1.165, 1.54) is 0 Å². The Bertz CT molecular complexity index is 395. The maximum absolute atomic E-state index is 11.7. The van der Waals surface area contributed by atoms with E-state index in [0.717, 1.165) is 12.2 Å². The van der Waals surface area contributed by atoms with Gasteiger partial charge >= 0.3 is 5.97 Å². The Balaban J connectivity index is 2.56. The van der Waals surface area contributed by atoms with Crippen LogP contribution in [0.5, 0.6) is 5.75 Å². The van der Waals surface area contributed by atoms with Crippen LogP contribution in [0, 0.1) is 0 Å². The zero-order valence-electron chi connectivity index (χ0n) is 10.8. The third kappa shape index (κ3) is 4.57. The Morgan fingerprint density at radius 3 is 2.33 bits per heavy atom. The number of hydrogen-bond acceptors (Lipinski definition) is 4. The fourth-order valence-electron chi connectivity index (χ4n) is 1.40. The molecular formula is C14H18O4. The second-order valence-corrected chi connectivity index (χ2v) is 3.78. The highest BCUT2D eigenvalue weighted by atomic mass is 16.5. The summed E-state index contributed by atoms with van der Waals surface area (Å²) in [5, 5.41) is 0. The fourth-order valence-corrected chi connectivity index (χ4v) is 1.40. The maximum atomic E-state index is 11.7. The molecule has 0 fully saturated rings. The molecule has 0 saturated carbocycles. The third-order valence-electron chi connectivity index (χ3n) is 2.26. The van der Waals surface area contributed by atoms with Crippen LogP contribution in [0.25, 0.3) is 0 Å². The number of esters is 1. The maximum Gasteiger partial charge on any atom is 0.313 e. The standard InChI is InChI=1S/C14H18O4/c1-3-9-18-12-7-5-11(6-8-12)13(15)10-14(16)17-4-2/h5-8H,3-4,9-10H2,1-2H3. The predicted molar refractivity (Wildman–Crippen MR) is 67.8 cm³/mol. The van der Waals surface area contributed by atoms with Gasteiger partial charge in [-0.05, 0) is 37.6 Å². The summed E-state index contributed by atoms with van der Waals surface area (Å²) in [5.41, 5.74) is 0.493. The molecule has 1 rings (SSSR count). The number of rotatable bonds is 7. The van der Waals surface area contributed by atoms with Gasteiger partial charge in [0.1, 0.15) is 12.2 Å². The van der Waals surface area contributed by atoms with Gasteiger partial charge in [-0.3, -0.25) is 9.59 Å². The Kier molecular flexibility index (Phi) is 5.91. The van der Waals surface area contributed by atoms with E-state index in [2.05, 4.69) is 0 Å². The lowest BCUT2D eigenvalue weighted by molar-refractivity contribution is -0.141. The van der Waals surface area contributed by atoms with Crippen LogP contribution in [0.1, 0.15) is 37.0 Å². The highest BCUT2D eigenvalue weighted by molar-refractivity contribution is 6.05. The fraction of sp³-hybridized carbons (Fsp3) is 0.429. The number of carbonyl (C=O) groups is 2. The highest BCUT2D eigenvalue weighted by Crippen LogP contribution is 2.14. The first-order valence-corrected chi connectivity index (χ1v) is 6.09. The van der Waals surface area contributed by atoms with Crippen molar-refractivity contribution in [1.82, 2.24) is 0 Å². The van der Waals surface area contributed by atoms with Crippen molar-refractivity contribution in [1.29, 1.82) is 0 Å². The molecule has 0 bridgehead atoms. The molecule has 0 unspecified atom stereocenters. The molecule has 0 saturated heterocycles. The molecule has 0 spiro atoms. The van der Waals surface area contributed by atoms with Crippen molar-refractivity contribution in [2.75, 3.05) is 13.2 Å².